The number of hydrogen-bond donors (Lipinski definition) is 1. The molecule has 108 valence electrons. The molecule has 1 atom stereocenters. The van der Waals surface area contributed by atoms with Crippen LogP contribution >= 0.6 is 0 Å². The number of furan rings is 1. The molecule has 2 aromatic rings. The number of hydrogen-bond acceptors (Lipinski definition) is 3. The fourth-order valence-electron chi connectivity index (χ4n) is 2.29. The molecule has 0 aliphatic carbocycles. The minimum absolute atomic E-state index is 0.326. The van der Waals surface area contributed by atoms with Gasteiger partial charge in [-0.1, -0.05) is 19.1 Å². The normalized spacial score (nSPS) is 12.3. The first-order valence-electron chi connectivity index (χ1n) is 7.22. The SMILES string of the molecule is CCCNC(Cc1ccoc1)c1cccc(N(C)C)c1. The van der Waals surface area contributed by atoms with Crippen LogP contribution in [0.4, 0.5) is 5.69 Å². The molecule has 0 aliphatic rings. The third kappa shape index (κ3) is 3.87. The maximum absolute atomic E-state index is 5.18. The molecule has 1 aromatic carbocycles. The van der Waals surface area contributed by atoms with Gasteiger partial charge in [0.05, 0.1) is 12.5 Å². The summed E-state index contributed by atoms with van der Waals surface area (Å²) in [5.74, 6) is 0. The molecule has 0 aliphatic heterocycles. The van der Waals surface area contributed by atoms with Gasteiger partial charge in [-0.3, -0.25) is 0 Å². The first-order valence-corrected chi connectivity index (χ1v) is 7.22. The van der Waals surface area contributed by atoms with E-state index in [9.17, 15) is 0 Å². The van der Waals surface area contributed by atoms with E-state index in [1.54, 1.807) is 6.26 Å². The number of benzene rings is 1. The number of anilines is 1. The van der Waals surface area contributed by atoms with Gasteiger partial charge in [0.1, 0.15) is 0 Å². The molecule has 0 fully saturated rings. The summed E-state index contributed by atoms with van der Waals surface area (Å²) in [5.41, 5.74) is 3.79. The summed E-state index contributed by atoms with van der Waals surface area (Å²) < 4.78 is 5.18. The Bertz CT molecular complexity index is 505. The Morgan fingerprint density at radius 1 is 1.25 bits per heavy atom. The molecule has 1 unspecified atom stereocenters. The van der Waals surface area contributed by atoms with Crippen LogP contribution in [0.2, 0.25) is 0 Å². The van der Waals surface area contributed by atoms with Gasteiger partial charge in [-0.05, 0) is 48.7 Å². The molecule has 3 nitrogen and oxygen atoms in total. The van der Waals surface area contributed by atoms with Gasteiger partial charge in [0.25, 0.3) is 0 Å². The summed E-state index contributed by atoms with van der Waals surface area (Å²) in [7, 11) is 4.15. The lowest BCUT2D eigenvalue weighted by Gasteiger charge is -2.21. The molecule has 3 heteroatoms. The van der Waals surface area contributed by atoms with Crippen molar-refractivity contribution in [1.29, 1.82) is 0 Å². The van der Waals surface area contributed by atoms with Gasteiger partial charge in [0.2, 0.25) is 0 Å². The average molecular weight is 272 g/mol. The quantitative estimate of drug-likeness (QED) is 0.834. The Morgan fingerprint density at radius 3 is 2.75 bits per heavy atom. The van der Waals surface area contributed by atoms with Crippen LogP contribution in [0.25, 0.3) is 0 Å². The summed E-state index contributed by atoms with van der Waals surface area (Å²) in [4.78, 5) is 2.14. The van der Waals surface area contributed by atoms with E-state index in [1.165, 1.54) is 16.8 Å². The predicted octanol–water partition coefficient (Wildman–Crippen LogP) is 3.63. The van der Waals surface area contributed by atoms with Crippen molar-refractivity contribution in [3.05, 3.63) is 54.0 Å². The van der Waals surface area contributed by atoms with E-state index >= 15 is 0 Å². The molecular formula is C17H24N2O. The van der Waals surface area contributed by atoms with Crippen LogP contribution in [0.3, 0.4) is 0 Å². The summed E-state index contributed by atoms with van der Waals surface area (Å²) in [6, 6.07) is 11.1. The van der Waals surface area contributed by atoms with E-state index < -0.39 is 0 Å². The first-order chi connectivity index (χ1) is 9.70. The van der Waals surface area contributed by atoms with Crippen LogP contribution in [0.1, 0.15) is 30.5 Å². The summed E-state index contributed by atoms with van der Waals surface area (Å²) in [6.45, 7) is 3.22. The Labute approximate surface area is 121 Å². The van der Waals surface area contributed by atoms with Crippen molar-refractivity contribution >= 4 is 5.69 Å². The Balaban J connectivity index is 2.18. The maximum atomic E-state index is 5.18. The molecule has 2 rings (SSSR count). The molecule has 1 N–H and O–H groups in total. The minimum atomic E-state index is 0.326. The van der Waals surface area contributed by atoms with Crippen molar-refractivity contribution in [2.24, 2.45) is 0 Å². The van der Waals surface area contributed by atoms with Crippen LogP contribution in [0.15, 0.2) is 47.3 Å². The smallest absolute Gasteiger partial charge is 0.0935 e. The van der Waals surface area contributed by atoms with Crippen LogP contribution in [-0.4, -0.2) is 20.6 Å². The predicted molar refractivity (Wildman–Crippen MR) is 84.2 cm³/mol. The van der Waals surface area contributed by atoms with Crippen molar-refractivity contribution in [1.82, 2.24) is 5.32 Å². The number of rotatable bonds is 7. The number of nitrogens with one attached hydrogen (secondary N) is 1. The highest BCUT2D eigenvalue weighted by Gasteiger charge is 2.13. The molecule has 20 heavy (non-hydrogen) atoms. The van der Waals surface area contributed by atoms with Crippen molar-refractivity contribution in [2.45, 2.75) is 25.8 Å². The molecule has 0 bridgehead atoms. The van der Waals surface area contributed by atoms with E-state index in [2.05, 4.69) is 55.5 Å². The van der Waals surface area contributed by atoms with Crippen LogP contribution in [0, 0.1) is 0 Å². The molecule has 1 aromatic heterocycles. The molecule has 0 spiro atoms. The van der Waals surface area contributed by atoms with Crippen LogP contribution < -0.4 is 10.2 Å². The van der Waals surface area contributed by atoms with Gasteiger partial charge in [-0.25, -0.2) is 0 Å². The van der Waals surface area contributed by atoms with Gasteiger partial charge in [-0.2, -0.15) is 0 Å². The maximum Gasteiger partial charge on any atom is 0.0935 e. The largest absolute Gasteiger partial charge is 0.472 e. The lowest BCUT2D eigenvalue weighted by Crippen LogP contribution is -2.24. The highest BCUT2D eigenvalue weighted by Crippen LogP contribution is 2.23. The third-order valence-electron chi connectivity index (χ3n) is 3.45. The molecule has 0 amide bonds. The summed E-state index contributed by atoms with van der Waals surface area (Å²) >= 11 is 0. The highest BCUT2D eigenvalue weighted by molar-refractivity contribution is 5.48. The van der Waals surface area contributed by atoms with E-state index in [4.69, 9.17) is 4.42 Å². The average Bonchev–Trinajstić information content (AvgIpc) is 2.96. The van der Waals surface area contributed by atoms with E-state index in [0.717, 1.165) is 19.4 Å². The zero-order valence-corrected chi connectivity index (χ0v) is 12.6. The summed E-state index contributed by atoms with van der Waals surface area (Å²) in [5, 5.41) is 3.63. The van der Waals surface area contributed by atoms with E-state index in [0.29, 0.717) is 6.04 Å². The first kappa shape index (κ1) is 14.7. The van der Waals surface area contributed by atoms with Gasteiger partial charge in [0.15, 0.2) is 0 Å². The van der Waals surface area contributed by atoms with Crippen molar-refractivity contribution in [2.75, 3.05) is 25.5 Å². The second-order valence-electron chi connectivity index (χ2n) is 5.33. The van der Waals surface area contributed by atoms with Crippen LogP contribution in [0.5, 0.6) is 0 Å². The topological polar surface area (TPSA) is 28.4 Å². The third-order valence-corrected chi connectivity index (χ3v) is 3.45. The fourth-order valence-corrected chi connectivity index (χ4v) is 2.29. The summed E-state index contributed by atoms with van der Waals surface area (Å²) in [6.07, 6.45) is 5.65. The monoisotopic (exact) mass is 272 g/mol. The van der Waals surface area contributed by atoms with Crippen molar-refractivity contribution in [3.63, 3.8) is 0 Å². The van der Waals surface area contributed by atoms with Gasteiger partial charge >= 0.3 is 0 Å². The highest BCUT2D eigenvalue weighted by atomic mass is 16.3. The van der Waals surface area contributed by atoms with Crippen LogP contribution in [-0.2, 0) is 6.42 Å². The van der Waals surface area contributed by atoms with Gasteiger partial charge in [-0.15, -0.1) is 0 Å². The second kappa shape index (κ2) is 7.15. The Kier molecular flexibility index (Phi) is 5.24. The molecule has 0 saturated carbocycles. The minimum Gasteiger partial charge on any atom is -0.472 e. The van der Waals surface area contributed by atoms with Gasteiger partial charge in [0, 0.05) is 25.8 Å². The molecule has 0 saturated heterocycles. The fraction of sp³-hybridized carbons (Fsp3) is 0.412. The van der Waals surface area contributed by atoms with Crippen molar-refractivity contribution in [3.8, 4) is 0 Å². The Morgan fingerprint density at radius 2 is 2.10 bits per heavy atom. The lowest BCUT2D eigenvalue weighted by molar-refractivity contribution is 0.520. The van der Waals surface area contributed by atoms with E-state index in [1.807, 2.05) is 12.3 Å². The standard InChI is InChI=1S/C17H24N2O/c1-4-9-18-17(11-14-8-10-20-13-14)15-6-5-7-16(12-15)19(2)3/h5-8,10,12-13,17-18H,4,9,11H2,1-3H3. The zero-order chi connectivity index (χ0) is 14.4. The second-order valence-corrected chi connectivity index (χ2v) is 5.33. The van der Waals surface area contributed by atoms with E-state index in [-0.39, 0.29) is 0 Å². The zero-order valence-electron chi connectivity index (χ0n) is 12.6. The molecular weight excluding hydrogens is 248 g/mol. The Hall–Kier alpha value is -1.74. The van der Waals surface area contributed by atoms with Crippen molar-refractivity contribution < 1.29 is 4.42 Å². The lowest BCUT2D eigenvalue weighted by atomic mass is 9.99. The molecule has 1 heterocycles. The number of nitrogens with zero attached hydrogens (tertiary/aromatic N) is 1. The van der Waals surface area contributed by atoms with Gasteiger partial charge < -0.3 is 14.6 Å². The molecule has 0 radical (unpaired) electrons.